The van der Waals surface area contributed by atoms with Crippen LogP contribution in [0.15, 0.2) is 89.1 Å². The number of fused-ring (bicyclic) bond motifs is 1. The second-order valence-corrected chi connectivity index (χ2v) is 6.78. The predicted octanol–water partition coefficient (Wildman–Crippen LogP) is 5.61. The van der Waals surface area contributed by atoms with Crippen LogP contribution in [0.1, 0.15) is 10.4 Å². The molecule has 7 nitrogen and oxygen atoms in total. The lowest BCUT2D eigenvalue weighted by Gasteiger charge is -2.06. The highest BCUT2D eigenvalue weighted by Crippen LogP contribution is 2.34. The molecule has 4 rings (SSSR count). The molecule has 0 unspecified atom stereocenters. The lowest BCUT2D eigenvalue weighted by Crippen LogP contribution is -2.06. The number of aromatic nitrogens is 1. The van der Waals surface area contributed by atoms with Gasteiger partial charge in [0.05, 0.1) is 5.52 Å². The third-order valence-electron chi connectivity index (χ3n) is 4.34. The Balaban J connectivity index is 1.42. The summed E-state index contributed by atoms with van der Waals surface area (Å²) in [6.45, 7) is 0. The maximum Gasteiger partial charge on any atom is 0.295 e. The highest BCUT2D eigenvalue weighted by molar-refractivity contribution is 7.80. The van der Waals surface area contributed by atoms with Crippen LogP contribution in [0, 0.1) is 0 Å². The van der Waals surface area contributed by atoms with E-state index in [9.17, 15) is 9.90 Å². The quantitative estimate of drug-likeness (QED) is 0.256. The van der Waals surface area contributed by atoms with E-state index in [0.717, 1.165) is 16.6 Å². The van der Waals surface area contributed by atoms with E-state index in [4.69, 9.17) is 12.2 Å². The molecule has 0 aliphatic heterocycles. The molecule has 1 amide bonds. The molecule has 30 heavy (non-hydrogen) atoms. The van der Waals surface area contributed by atoms with Crippen molar-refractivity contribution in [2.75, 3.05) is 10.6 Å². The first-order chi connectivity index (χ1) is 14.6. The zero-order valence-corrected chi connectivity index (χ0v) is 16.5. The summed E-state index contributed by atoms with van der Waals surface area (Å²) in [7, 11) is 0. The van der Waals surface area contributed by atoms with Crippen molar-refractivity contribution in [3.8, 4) is 5.88 Å². The highest BCUT2D eigenvalue weighted by atomic mass is 32.1. The van der Waals surface area contributed by atoms with E-state index in [0.29, 0.717) is 16.9 Å². The molecule has 4 aromatic rings. The second-order valence-electron chi connectivity index (χ2n) is 6.40. The fraction of sp³-hybridized carbons (Fsp3) is 0. The Kier molecular flexibility index (Phi) is 5.49. The van der Waals surface area contributed by atoms with Gasteiger partial charge < -0.3 is 20.7 Å². The molecule has 1 heterocycles. The molecule has 0 spiro atoms. The van der Waals surface area contributed by atoms with Gasteiger partial charge in [-0.2, -0.15) is 0 Å². The zero-order chi connectivity index (χ0) is 20.9. The summed E-state index contributed by atoms with van der Waals surface area (Å²) in [6, 6.07) is 23.5. The number of aromatic amines is 1. The number of thiocarbonyl (C=S) groups is 1. The second kappa shape index (κ2) is 8.54. The van der Waals surface area contributed by atoms with Crippen LogP contribution in [-0.4, -0.2) is 21.1 Å². The van der Waals surface area contributed by atoms with Crippen LogP contribution in [0.3, 0.4) is 0 Å². The van der Waals surface area contributed by atoms with E-state index < -0.39 is 5.91 Å². The van der Waals surface area contributed by atoms with Gasteiger partial charge in [0.25, 0.3) is 5.91 Å². The number of anilines is 3. The first kappa shape index (κ1) is 19.3. The summed E-state index contributed by atoms with van der Waals surface area (Å²) in [5, 5.41) is 24.6. The average molecular weight is 415 g/mol. The van der Waals surface area contributed by atoms with Gasteiger partial charge in [0.1, 0.15) is 5.69 Å². The summed E-state index contributed by atoms with van der Waals surface area (Å²) in [6.07, 6.45) is 0. The first-order valence-corrected chi connectivity index (χ1v) is 9.50. The standard InChI is InChI=1S/C22H17N5O2S/c28-20(26-27-22(30)24-15-6-2-1-3-7-15)14-10-12-16(13-11-14)23-19-17-8-4-5-9-18(17)25-21(19)29/h1-13,23,25,29H,(H,24,30). The zero-order valence-electron chi connectivity index (χ0n) is 15.7. The summed E-state index contributed by atoms with van der Waals surface area (Å²) in [5.74, 6) is -0.460. The highest BCUT2D eigenvalue weighted by Gasteiger charge is 2.11. The van der Waals surface area contributed by atoms with Gasteiger partial charge in [0.15, 0.2) is 0 Å². The predicted molar refractivity (Wildman–Crippen MR) is 122 cm³/mol. The molecule has 8 heteroatoms. The number of aromatic hydroxyl groups is 1. The Morgan fingerprint density at radius 2 is 1.57 bits per heavy atom. The minimum atomic E-state index is -0.506. The van der Waals surface area contributed by atoms with Crippen molar-refractivity contribution < 1.29 is 9.90 Å². The van der Waals surface area contributed by atoms with Crippen LogP contribution in [0.25, 0.3) is 10.9 Å². The van der Waals surface area contributed by atoms with Gasteiger partial charge in [0, 0.05) is 22.3 Å². The lowest BCUT2D eigenvalue weighted by molar-refractivity contribution is 0.0995. The molecule has 3 aromatic carbocycles. The number of H-pyrrole nitrogens is 1. The van der Waals surface area contributed by atoms with Crippen LogP contribution in [0.4, 0.5) is 17.1 Å². The molecule has 0 saturated heterocycles. The Morgan fingerprint density at radius 1 is 0.867 bits per heavy atom. The van der Waals surface area contributed by atoms with Crippen LogP contribution in [-0.2, 0) is 0 Å². The fourth-order valence-electron chi connectivity index (χ4n) is 2.91. The first-order valence-electron chi connectivity index (χ1n) is 9.09. The van der Waals surface area contributed by atoms with Gasteiger partial charge in [0.2, 0.25) is 11.0 Å². The number of benzene rings is 3. The van der Waals surface area contributed by atoms with E-state index in [-0.39, 0.29) is 11.0 Å². The van der Waals surface area contributed by atoms with E-state index in [1.54, 1.807) is 24.3 Å². The average Bonchev–Trinajstić information content (AvgIpc) is 3.08. The molecule has 0 fully saturated rings. The monoisotopic (exact) mass is 415 g/mol. The summed E-state index contributed by atoms with van der Waals surface area (Å²) >= 11 is 5.08. The van der Waals surface area contributed by atoms with Crippen molar-refractivity contribution >= 4 is 51.2 Å². The van der Waals surface area contributed by atoms with Crippen molar-refractivity contribution in [2.24, 2.45) is 10.2 Å². The Morgan fingerprint density at radius 3 is 2.33 bits per heavy atom. The molecular weight excluding hydrogens is 398 g/mol. The van der Waals surface area contributed by atoms with Crippen LogP contribution in [0.5, 0.6) is 5.88 Å². The van der Waals surface area contributed by atoms with Crippen LogP contribution < -0.4 is 10.6 Å². The molecule has 0 bridgehead atoms. The van der Waals surface area contributed by atoms with Crippen molar-refractivity contribution in [3.63, 3.8) is 0 Å². The number of nitrogens with zero attached hydrogens (tertiary/aromatic N) is 2. The fourth-order valence-corrected chi connectivity index (χ4v) is 3.07. The number of nitrogens with one attached hydrogen (secondary N) is 3. The van der Waals surface area contributed by atoms with Crippen LogP contribution >= 0.6 is 12.2 Å². The SMILES string of the molecule is O=C(N=NC(=S)Nc1ccccc1)c1ccc(Nc2c(O)[nH]c3ccccc23)cc1. The van der Waals surface area contributed by atoms with Gasteiger partial charge in [-0.3, -0.25) is 4.79 Å². The van der Waals surface area contributed by atoms with E-state index >= 15 is 0 Å². The molecule has 0 aliphatic carbocycles. The molecule has 148 valence electrons. The van der Waals surface area contributed by atoms with Gasteiger partial charge in [-0.15, -0.1) is 10.2 Å². The van der Waals surface area contributed by atoms with Gasteiger partial charge in [-0.1, -0.05) is 36.4 Å². The number of rotatable bonds is 4. The topological polar surface area (TPSA) is 102 Å². The minimum Gasteiger partial charge on any atom is -0.493 e. The Labute approximate surface area is 177 Å². The summed E-state index contributed by atoms with van der Waals surface area (Å²) in [5.41, 5.74) is 3.25. The van der Waals surface area contributed by atoms with Crippen molar-refractivity contribution in [2.45, 2.75) is 0 Å². The number of para-hydroxylation sites is 2. The normalized spacial score (nSPS) is 10.9. The molecule has 4 N–H and O–H groups in total. The van der Waals surface area contributed by atoms with Gasteiger partial charge in [-0.05, 0) is 54.7 Å². The summed E-state index contributed by atoms with van der Waals surface area (Å²) in [4.78, 5) is 15.2. The van der Waals surface area contributed by atoms with E-state index in [1.807, 2.05) is 54.6 Å². The largest absolute Gasteiger partial charge is 0.493 e. The number of hydrogen-bond acceptors (Lipinski definition) is 4. The maximum absolute atomic E-state index is 12.2. The number of azo groups is 1. The van der Waals surface area contributed by atoms with Crippen molar-refractivity contribution in [1.82, 2.24) is 4.98 Å². The maximum atomic E-state index is 12.2. The molecule has 0 aliphatic rings. The Hall–Kier alpha value is -4.04. The molecule has 1 aromatic heterocycles. The van der Waals surface area contributed by atoms with Gasteiger partial charge >= 0.3 is 0 Å². The number of hydrogen-bond donors (Lipinski definition) is 4. The summed E-state index contributed by atoms with van der Waals surface area (Å²) < 4.78 is 0. The van der Waals surface area contributed by atoms with Crippen LogP contribution in [0.2, 0.25) is 0 Å². The molecule has 0 atom stereocenters. The third-order valence-corrected chi connectivity index (χ3v) is 4.53. The minimum absolute atomic E-state index is 0.0459. The lowest BCUT2D eigenvalue weighted by atomic mass is 10.2. The van der Waals surface area contributed by atoms with E-state index in [1.165, 1.54) is 0 Å². The van der Waals surface area contributed by atoms with Gasteiger partial charge in [-0.25, -0.2) is 0 Å². The van der Waals surface area contributed by atoms with Crippen molar-refractivity contribution in [3.05, 3.63) is 84.4 Å². The number of carbonyl (C=O) groups is 1. The molecule has 0 radical (unpaired) electrons. The molecular formula is C22H17N5O2S. The molecule has 0 saturated carbocycles. The number of amides is 1. The van der Waals surface area contributed by atoms with E-state index in [2.05, 4.69) is 25.8 Å². The van der Waals surface area contributed by atoms with Crippen molar-refractivity contribution in [1.29, 1.82) is 0 Å². The smallest absolute Gasteiger partial charge is 0.295 e. The Bertz CT molecular complexity index is 1230. The number of carbonyl (C=O) groups excluding carboxylic acids is 1. The third kappa shape index (κ3) is 4.34.